The lowest BCUT2D eigenvalue weighted by molar-refractivity contribution is -0.116. The molecule has 2 aromatic carbocycles. The lowest BCUT2D eigenvalue weighted by Gasteiger charge is -2.33. The zero-order chi connectivity index (χ0) is 20.2. The van der Waals surface area contributed by atoms with E-state index in [1.165, 1.54) is 11.8 Å². The highest BCUT2D eigenvalue weighted by atomic mass is 32.2. The van der Waals surface area contributed by atoms with Crippen LogP contribution in [0, 0.1) is 0 Å². The number of para-hydroxylation sites is 2. The van der Waals surface area contributed by atoms with E-state index in [9.17, 15) is 4.79 Å². The van der Waals surface area contributed by atoms with Crippen LogP contribution in [0.5, 0.6) is 5.75 Å². The van der Waals surface area contributed by atoms with Crippen molar-refractivity contribution in [1.82, 2.24) is 14.9 Å². The third-order valence-electron chi connectivity index (χ3n) is 4.76. The number of anilines is 1. The number of ether oxygens (including phenoxy) is 1. The SMILES string of the molecule is CCCc1nnc2n1N[C@@H](c1ccccc1)[C@H](C(=O)Nc1ccccc1OC)S2. The molecule has 1 aliphatic rings. The van der Waals surface area contributed by atoms with Gasteiger partial charge >= 0.3 is 0 Å². The molecule has 1 aliphatic heterocycles. The summed E-state index contributed by atoms with van der Waals surface area (Å²) in [5.74, 6) is 1.38. The molecule has 8 heteroatoms. The standard InChI is InChI=1S/C21H23N5O2S/c1-3-9-17-23-24-21-26(17)25-18(14-10-5-4-6-11-14)19(29-21)20(27)22-15-12-7-8-13-16(15)28-2/h4-8,10-13,18-19,25H,3,9H2,1-2H3,(H,22,27)/t18-,19+/m0/s1. The molecule has 0 aliphatic carbocycles. The Morgan fingerprint density at radius 2 is 1.93 bits per heavy atom. The Bertz CT molecular complexity index is 992. The second-order valence-electron chi connectivity index (χ2n) is 6.73. The van der Waals surface area contributed by atoms with Gasteiger partial charge in [-0.05, 0) is 24.1 Å². The van der Waals surface area contributed by atoms with Crippen molar-refractivity contribution in [3.8, 4) is 5.75 Å². The van der Waals surface area contributed by atoms with E-state index >= 15 is 0 Å². The number of amides is 1. The van der Waals surface area contributed by atoms with Gasteiger partial charge in [-0.15, -0.1) is 10.2 Å². The average molecular weight is 410 g/mol. The first-order valence-corrected chi connectivity index (χ1v) is 10.5. The van der Waals surface area contributed by atoms with Gasteiger partial charge in [-0.3, -0.25) is 4.79 Å². The van der Waals surface area contributed by atoms with Crippen LogP contribution in [0.15, 0.2) is 59.8 Å². The van der Waals surface area contributed by atoms with Crippen LogP contribution < -0.4 is 15.5 Å². The molecular formula is C21H23N5O2S. The van der Waals surface area contributed by atoms with Crippen molar-refractivity contribution >= 4 is 23.4 Å². The van der Waals surface area contributed by atoms with E-state index in [0.29, 0.717) is 16.6 Å². The van der Waals surface area contributed by atoms with E-state index in [0.717, 1.165) is 24.2 Å². The van der Waals surface area contributed by atoms with Gasteiger partial charge < -0.3 is 15.5 Å². The van der Waals surface area contributed by atoms with E-state index in [1.807, 2.05) is 59.3 Å². The van der Waals surface area contributed by atoms with E-state index in [4.69, 9.17) is 4.74 Å². The van der Waals surface area contributed by atoms with Crippen molar-refractivity contribution in [3.05, 3.63) is 66.0 Å². The summed E-state index contributed by atoms with van der Waals surface area (Å²) >= 11 is 1.42. The molecule has 1 amide bonds. The highest BCUT2D eigenvalue weighted by molar-refractivity contribution is 8.00. The first kappa shape index (κ1) is 19.3. The smallest absolute Gasteiger partial charge is 0.240 e. The Morgan fingerprint density at radius 3 is 2.69 bits per heavy atom. The Balaban J connectivity index is 1.66. The van der Waals surface area contributed by atoms with Crippen LogP contribution in [0.25, 0.3) is 0 Å². The van der Waals surface area contributed by atoms with Gasteiger partial charge in [0.25, 0.3) is 0 Å². The molecule has 7 nitrogen and oxygen atoms in total. The molecule has 0 spiro atoms. The van der Waals surface area contributed by atoms with Crippen LogP contribution in [0.2, 0.25) is 0 Å². The fourth-order valence-corrected chi connectivity index (χ4v) is 4.45. The summed E-state index contributed by atoms with van der Waals surface area (Å²) in [7, 11) is 1.59. The quantitative estimate of drug-likeness (QED) is 0.647. The number of fused-ring (bicyclic) bond motifs is 1. The van der Waals surface area contributed by atoms with E-state index in [-0.39, 0.29) is 11.9 Å². The normalized spacial score (nSPS) is 17.9. The maximum Gasteiger partial charge on any atom is 0.240 e. The molecule has 0 bridgehead atoms. The molecule has 0 saturated carbocycles. The largest absolute Gasteiger partial charge is 0.495 e. The fraction of sp³-hybridized carbons (Fsp3) is 0.286. The van der Waals surface area contributed by atoms with Gasteiger partial charge in [0.15, 0.2) is 5.82 Å². The molecule has 0 radical (unpaired) electrons. The summed E-state index contributed by atoms with van der Waals surface area (Å²) in [6, 6.07) is 17.1. The number of carbonyl (C=O) groups is 1. The number of carbonyl (C=O) groups excluding carboxylic acids is 1. The van der Waals surface area contributed by atoms with Gasteiger partial charge in [0.1, 0.15) is 11.0 Å². The number of aromatic nitrogens is 3. The Hall–Kier alpha value is -3.00. The van der Waals surface area contributed by atoms with Crippen molar-refractivity contribution in [1.29, 1.82) is 0 Å². The third kappa shape index (κ3) is 3.93. The predicted octanol–water partition coefficient (Wildman–Crippen LogP) is 3.64. The summed E-state index contributed by atoms with van der Waals surface area (Å²) in [6.45, 7) is 2.11. The third-order valence-corrected chi connectivity index (χ3v) is 5.97. The number of thioether (sulfide) groups is 1. The molecule has 2 atom stereocenters. The van der Waals surface area contributed by atoms with E-state index in [2.05, 4.69) is 27.9 Å². The number of nitrogens with one attached hydrogen (secondary N) is 2. The minimum atomic E-state index is -0.423. The first-order chi connectivity index (χ1) is 14.2. The monoisotopic (exact) mass is 409 g/mol. The van der Waals surface area contributed by atoms with Crippen LogP contribution in [0.3, 0.4) is 0 Å². The van der Waals surface area contributed by atoms with E-state index < -0.39 is 5.25 Å². The number of hydrogen-bond donors (Lipinski definition) is 2. The Kier molecular flexibility index (Phi) is 5.71. The maximum absolute atomic E-state index is 13.3. The number of benzene rings is 2. The van der Waals surface area contributed by atoms with Crippen LogP contribution in [-0.2, 0) is 11.2 Å². The number of hydrogen-bond acceptors (Lipinski definition) is 6. The van der Waals surface area contributed by atoms with Crippen molar-refractivity contribution in [2.45, 2.75) is 36.2 Å². The molecule has 0 unspecified atom stereocenters. The first-order valence-electron chi connectivity index (χ1n) is 9.57. The summed E-state index contributed by atoms with van der Waals surface area (Å²) in [5, 5.41) is 11.9. The molecule has 2 heterocycles. The molecule has 2 N–H and O–H groups in total. The second kappa shape index (κ2) is 8.57. The minimum Gasteiger partial charge on any atom is -0.495 e. The van der Waals surface area contributed by atoms with Crippen LogP contribution in [0.1, 0.15) is 30.8 Å². The molecule has 29 heavy (non-hydrogen) atoms. The van der Waals surface area contributed by atoms with Crippen molar-refractivity contribution in [2.75, 3.05) is 17.9 Å². The summed E-state index contributed by atoms with van der Waals surface area (Å²) < 4.78 is 7.28. The Morgan fingerprint density at radius 1 is 1.17 bits per heavy atom. The predicted molar refractivity (Wildman–Crippen MR) is 114 cm³/mol. The second-order valence-corrected chi connectivity index (χ2v) is 7.84. The van der Waals surface area contributed by atoms with Gasteiger partial charge in [-0.25, -0.2) is 4.68 Å². The zero-order valence-electron chi connectivity index (χ0n) is 16.3. The lowest BCUT2D eigenvalue weighted by atomic mass is 10.0. The highest BCUT2D eigenvalue weighted by Crippen LogP contribution is 2.38. The number of nitrogens with zero attached hydrogens (tertiary/aromatic N) is 3. The van der Waals surface area contributed by atoms with Crippen molar-refractivity contribution in [3.63, 3.8) is 0 Å². The number of aryl methyl sites for hydroxylation is 1. The zero-order valence-corrected chi connectivity index (χ0v) is 17.1. The highest BCUT2D eigenvalue weighted by Gasteiger charge is 2.37. The van der Waals surface area contributed by atoms with Gasteiger partial charge in [-0.2, -0.15) is 0 Å². The molecule has 0 fully saturated rings. The van der Waals surface area contributed by atoms with Crippen molar-refractivity contribution < 1.29 is 9.53 Å². The molecule has 4 rings (SSSR count). The van der Waals surface area contributed by atoms with E-state index in [1.54, 1.807) is 7.11 Å². The molecule has 1 aromatic heterocycles. The molecule has 3 aromatic rings. The summed E-state index contributed by atoms with van der Waals surface area (Å²) in [5.41, 5.74) is 5.14. The van der Waals surface area contributed by atoms with Gasteiger partial charge in [0.2, 0.25) is 11.1 Å². The maximum atomic E-state index is 13.3. The lowest BCUT2D eigenvalue weighted by Crippen LogP contribution is -2.41. The van der Waals surface area contributed by atoms with Crippen LogP contribution in [-0.4, -0.2) is 33.1 Å². The summed E-state index contributed by atoms with van der Waals surface area (Å²) in [4.78, 5) is 13.3. The summed E-state index contributed by atoms with van der Waals surface area (Å²) in [6.07, 6.45) is 1.79. The Labute approximate surface area is 173 Å². The van der Waals surface area contributed by atoms with Crippen LogP contribution >= 0.6 is 11.8 Å². The number of rotatable bonds is 6. The van der Waals surface area contributed by atoms with Gasteiger partial charge in [-0.1, -0.05) is 61.2 Å². The van der Waals surface area contributed by atoms with Crippen molar-refractivity contribution in [2.24, 2.45) is 0 Å². The molecular weight excluding hydrogens is 386 g/mol. The molecule has 150 valence electrons. The topological polar surface area (TPSA) is 81.1 Å². The van der Waals surface area contributed by atoms with Gasteiger partial charge in [0, 0.05) is 6.42 Å². The number of methoxy groups -OCH3 is 1. The molecule has 0 saturated heterocycles. The fourth-order valence-electron chi connectivity index (χ4n) is 3.35. The minimum absolute atomic E-state index is 0.118. The van der Waals surface area contributed by atoms with Gasteiger partial charge in [0.05, 0.1) is 18.8 Å². The average Bonchev–Trinajstić information content (AvgIpc) is 3.16. The van der Waals surface area contributed by atoms with Crippen LogP contribution in [0.4, 0.5) is 5.69 Å².